The summed E-state index contributed by atoms with van der Waals surface area (Å²) in [5.74, 6) is -1.10. The third-order valence-corrected chi connectivity index (χ3v) is 5.91. The van der Waals surface area contributed by atoms with E-state index in [2.05, 4.69) is 15.6 Å². The Balaban J connectivity index is 1.67. The predicted octanol–water partition coefficient (Wildman–Crippen LogP) is 1.90. The van der Waals surface area contributed by atoms with Crippen LogP contribution in [0.3, 0.4) is 0 Å². The lowest BCUT2D eigenvalue weighted by Crippen LogP contribution is -2.45. The maximum Gasteiger partial charge on any atom is 0.242 e. The van der Waals surface area contributed by atoms with Crippen LogP contribution in [0.5, 0.6) is 0 Å². The van der Waals surface area contributed by atoms with Gasteiger partial charge in [-0.2, -0.15) is 0 Å². The van der Waals surface area contributed by atoms with Crippen LogP contribution >= 0.6 is 11.3 Å². The van der Waals surface area contributed by atoms with Crippen molar-refractivity contribution in [2.45, 2.75) is 31.8 Å². The number of amides is 2. The van der Waals surface area contributed by atoms with Gasteiger partial charge in [0.1, 0.15) is 16.5 Å². The van der Waals surface area contributed by atoms with E-state index in [1.54, 1.807) is 24.3 Å². The normalized spacial score (nSPS) is 17.2. The van der Waals surface area contributed by atoms with E-state index < -0.39 is 5.82 Å². The van der Waals surface area contributed by atoms with Crippen LogP contribution in [-0.2, 0) is 9.59 Å². The molecule has 0 spiro atoms. The van der Waals surface area contributed by atoms with Gasteiger partial charge in [-0.25, -0.2) is 9.37 Å². The van der Waals surface area contributed by atoms with Gasteiger partial charge in [0, 0.05) is 17.5 Å². The summed E-state index contributed by atoms with van der Waals surface area (Å²) in [5.41, 5.74) is 0.649. The first-order valence-corrected chi connectivity index (χ1v) is 10.3. The molecule has 1 aromatic heterocycles. The number of ketones is 1. The molecule has 1 fully saturated rings. The van der Waals surface area contributed by atoms with Crippen molar-refractivity contribution < 1.29 is 18.8 Å². The molecule has 2 N–H and O–H groups in total. The summed E-state index contributed by atoms with van der Waals surface area (Å²) < 4.78 is 13.1. The molecule has 3 rings (SSSR count). The zero-order valence-corrected chi connectivity index (χ0v) is 17.1. The highest BCUT2D eigenvalue weighted by Crippen LogP contribution is 2.34. The molecule has 9 heteroatoms. The van der Waals surface area contributed by atoms with Crippen LogP contribution in [0.4, 0.5) is 4.39 Å². The second-order valence-electron chi connectivity index (χ2n) is 6.88. The van der Waals surface area contributed by atoms with Gasteiger partial charge in [0.05, 0.1) is 18.6 Å². The number of nitrogens with zero attached hydrogens (tertiary/aromatic N) is 2. The minimum absolute atomic E-state index is 0.0753. The Kier molecular flexibility index (Phi) is 6.71. The van der Waals surface area contributed by atoms with Crippen LogP contribution in [0.15, 0.2) is 29.6 Å². The molecule has 1 saturated heterocycles. The van der Waals surface area contributed by atoms with E-state index in [9.17, 15) is 18.8 Å². The molecule has 0 radical (unpaired) electrons. The van der Waals surface area contributed by atoms with Crippen LogP contribution < -0.4 is 10.6 Å². The summed E-state index contributed by atoms with van der Waals surface area (Å²) in [4.78, 5) is 43.2. The molecule has 7 nitrogen and oxygen atoms in total. The Morgan fingerprint density at radius 3 is 2.72 bits per heavy atom. The fourth-order valence-electron chi connectivity index (χ4n) is 3.16. The Labute approximate surface area is 172 Å². The molecule has 2 heterocycles. The quantitative estimate of drug-likeness (QED) is 0.670. The van der Waals surface area contributed by atoms with Crippen LogP contribution in [0.25, 0.3) is 0 Å². The van der Waals surface area contributed by atoms with E-state index in [-0.39, 0.29) is 41.9 Å². The van der Waals surface area contributed by atoms with Gasteiger partial charge in [0.25, 0.3) is 0 Å². The van der Waals surface area contributed by atoms with Gasteiger partial charge in [-0.3, -0.25) is 14.4 Å². The van der Waals surface area contributed by atoms with Gasteiger partial charge >= 0.3 is 0 Å². The number of thiazole rings is 1. The Bertz CT molecular complexity index is 899. The highest BCUT2D eigenvalue weighted by atomic mass is 32.1. The minimum atomic E-state index is -0.406. The minimum Gasteiger partial charge on any atom is -0.346 e. The number of benzene rings is 1. The topological polar surface area (TPSA) is 91.4 Å². The second kappa shape index (κ2) is 9.23. The average Bonchev–Trinajstić information content (AvgIpc) is 3.40. The number of hydrogen-bond donors (Lipinski definition) is 2. The third-order valence-electron chi connectivity index (χ3n) is 4.96. The second-order valence-corrected chi connectivity index (χ2v) is 7.77. The van der Waals surface area contributed by atoms with Gasteiger partial charge in [-0.05, 0) is 51.1 Å². The van der Waals surface area contributed by atoms with Crippen molar-refractivity contribution in [2.24, 2.45) is 0 Å². The van der Waals surface area contributed by atoms with Crippen molar-refractivity contribution in [3.63, 3.8) is 0 Å². The smallest absolute Gasteiger partial charge is 0.242 e. The number of halogens is 1. The van der Waals surface area contributed by atoms with Gasteiger partial charge in [0.15, 0.2) is 0 Å². The van der Waals surface area contributed by atoms with Crippen molar-refractivity contribution in [1.29, 1.82) is 0 Å². The van der Waals surface area contributed by atoms with Crippen molar-refractivity contribution in [3.05, 3.63) is 51.7 Å². The summed E-state index contributed by atoms with van der Waals surface area (Å²) in [6.45, 7) is 2.23. The van der Waals surface area contributed by atoms with Gasteiger partial charge in [0.2, 0.25) is 17.6 Å². The Morgan fingerprint density at radius 1 is 1.31 bits per heavy atom. The average molecular weight is 418 g/mol. The first kappa shape index (κ1) is 21.1. The zero-order valence-electron chi connectivity index (χ0n) is 16.3. The molecule has 0 aliphatic carbocycles. The van der Waals surface area contributed by atoms with Crippen LogP contribution in [-0.4, -0.2) is 53.7 Å². The Hall–Kier alpha value is -2.65. The molecule has 2 aromatic rings. The molecule has 1 unspecified atom stereocenters. The van der Waals surface area contributed by atoms with E-state index in [0.717, 1.165) is 12.8 Å². The standard InChI is InChI=1S/C20H23FN4O3S/c1-12(22-2)19(28)23-10-17(26)25-9-3-4-16(25)20-24-15(11-29-20)18(27)13-5-7-14(21)8-6-13/h5-8,11-12,16,22H,3-4,9-10H2,1-2H3,(H,23,28)/t12-,16?/m0/s1. The van der Waals surface area contributed by atoms with E-state index in [4.69, 9.17) is 0 Å². The molecule has 0 bridgehead atoms. The lowest BCUT2D eigenvalue weighted by Gasteiger charge is -2.23. The maximum absolute atomic E-state index is 13.1. The summed E-state index contributed by atoms with van der Waals surface area (Å²) in [5, 5.41) is 7.82. The number of rotatable bonds is 7. The number of aromatic nitrogens is 1. The number of nitrogens with one attached hydrogen (secondary N) is 2. The molecule has 1 aliphatic rings. The van der Waals surface area contributed by atoms with Gasteiger partial charge < -0.3 is 15.5 Å². The first-order valence-electron chi connectivity index (χ1n) is 9.41. The summed E-state index contributed by atoms with van der Waals surface area (Å²) in [6, 6.07) is 4.74. The molecule has 0 saturated carbocycles. The van der Waals surface area contributed by atoms with Gasteiger partial charge in [-0.1, -0.05) is 0 Å². The number of likely N-dealkylation sites (N-methyl/N-ethyl adjacent to an activating group) is 1. The van der Waals surface area contributed by atoms with Crippen LogP contribution in [0.2, 0.25) is 0 Å². The molecule has 2 amide bonds. The Morgan fingerprint density at radius 2 is 2.03 bits per heavy atom. The molecule has 1 aliphatic heterocycles. The lowest BCUT2D eigenvalue weighted by molar-refractivity contribution is -0.134. The fraction of sp³-hybridized carbons (Fsp3) is 0.400. The number of likely N-dealkylation sites (tertiary alicyclic amines) is 1. The van der Waals surface area contributed by atoms with E-state index in [0.29, 0.717) is 17.1 Å². The van der Waals surface area contributed by atoms with Crippen molar-refractivity contribution in [2.75, 3.05) is 20.1 Å². The maximum atomic E-state index is 13.1. The summed E-state index contributed by atoms with van der Waals surface area (Å²) >= 11 is 1.33. The summed E-state index contributed by atoms with van der Waals surface area (Å²) in [6.07, 6.45) is 1.59. The van der Waals surface area contributed by atoms with Crippen LogP contribution in [0.1, 0.15) is 46.9 Å². The number of carbonyl (C=O) groups excluding carboxylic acids is 3. The van der Waals surface area contributed by atoms with E-state index >= 15 is 0 Å². The molecular weight excluding hydrogens is 395 g/mol. The molecule has 154 valence electrons. The van der Waals surface area contributed by atoms with Crippen LogP contribution in [0, 0.1) is 5.82 Å². The van der Waals surface area contributed by atoms with E-state index in [1.165, 1.54) is 35.6 Å². The zero-order chi connectivity index (χ0) is 21.0. The monoisotopic (exact) mass is 418 g/mol. The predicted molar refractivity (Wildman–Crippen MR) is 107 cm³/mol. The first-order chi connectivity index (χ1) is 13.9. The van der Waals surface area contributed by atoms with Crippen molar-refractivity contribution in [1.82, 2.24) is 20.5 Å². The largest absolute Gasteiger partial charge is 0.346 e. The van der Waals surface area contributed by atoms with Gasteiger partial charge in [-0.15, -0.1) is 11.3 Å². The van der Waals surface area contributed by atoms with Crippen molar-refractivity contribution in [3.8, 4) is 0 Å². The molecule has 1 aromatic carbocycles. The summed E-state index contributed by atoms with van der Waals surface area (Å²) in [7, 11) is 1.68. The molecular formula is C20H23FN4O3S. The fourth-order valence-corrected chi connectivity index (χ4v) is 4.11. The molecule has 29 heavy (non-hydrogen) atoms. The number of carbonyl (C=O) groups is 3. The van der Waals surface area contributed by atoms with Crippen molar-refractivity contribution >= 4 is 28.9 Å². The highest BCUT2D eigenvalue weighted by molar-refractivity contribution is 7.10. The molecule has 2 atom stereocenters. The lowest BCUT2D eigenvalue weighted by atomic mass is 10.1. The van der Waals surface area contributed by atoms with E-state index in [1.807, 2.05) is 0 Å². The third kappa shape index (κ3) is 4.86. The SMILES string of the molecule is CN[C@@H](C)C(=O)NCC(=O)N1CCCC1c1nc(C(=O)c2ccc(F)cc2)cs1. The number of hydrogen-bond acceptors (Lipinski definition) is 6. The highest BCUT2D eigenvalue weighted by Gasteiger charge is 2.32.